The number of fused-ring (bicyclic) bond motifs is 2. The van der Waals surface area contributed by atoms with E-state index in [-0.39, 0.29) is 30.4 Å². The van der Waals surface area contributed by atoms with E-state index in [1.165, 1.54) is 11.1 Å². The zero-order valence-corrected chi connectivity index (χ0v) is 14.3. The number of hydrogen-bond donors (Lipinski definition) is 2. The third-order valence-corrected chi connectivity index (χ3v) is 5.69. The van der Waals surface area contributed by atoms with Crippen LogP contribution in [0, 0.1) is 5.92 Å². The maximum Gasteiger partial charge on any atom is 0.229 e. The number of carbonyl (C=O) groups excluding carboxylic acids is 1. The number of pyridine rings is 1. The predicted molar refractivity (Wildman–Crippen MR) is 96.1 cm³/mol. The van der Waals surface area contributed by atoms with Gasteiger partial charge in [-0.05, 0) is 54.9 Å². The molecular weight excluding hydrogens is 312 g/mol. The number of aliphatic hydroxyl groups is 1. The molecule has 3 atom stereocenters. The lowest BCUT2D eigenvalue weighted by Crippen LogP contribution is -2.41. The number of nitrogens with one attached hydrogen (secondary N) is 1. The number of aryl methyl sites for hydroxylation is 2. The molecule has 2 N–H and O–H groups in total. The SMILES string of the molecule is O=C(N[C@@H]1c2ccccc2CC[C@H]1CO)[C@@H]1CCCc2cccnc21. The van der Waals surface area contributed by atoms with Crippen molar-refractivity contribution in [3.63, 3.8) is 0 Å². The monoisotopic (exact) mass is 336 g/mol. The summed E-state index contributed by atoms with van der Waals surface area (Å²) in [6.07, 6.45) is 6.49. The molecule has 2 aliphatic rings. The lowest BCUT2D eigenvalue weighted by Gasteiger charge is -2.34. The standard InChI is InChI=1S/C21H24N2O2/c24-13-16-11-10-14-5-1-2-8-17(14)20(16)23-21(25)18-9-3-6-15-7-4-12-22-19(15)18/h1-2,4-5,7-8,12,16,18,20,24H,3,6,9-11,13H2,(H,23,25)/t16-,18+,20-/m0/s1. The second kappa shape index (κ2) is 6.96. The van der Waals surface area contributed by atoms with Gasteiger partial charge in [0.1, 0.15) is 0 Å². The van der Waals surface area contributed by atoms with Gasteiger partial charge in [-0.15, -0.1) is 0 Å². The second-order valence-electron chi connectivity index (χ2n) is 7.16. The molecule has 1 heterocycles. The van der Waals surface area contributed by atoms with Crippen LogP contribution in [0.2, 0.25) is 0 Å². The van der Waals surface area contributed by atoms with Crippen LogP contribution in [0.15, 0.2) is 42.6 Å². The minimum atomic E-state index is -0.182. The van der Waals surface area contributed by atoms with Crippen molar-refractivity contribution in [1.82, 2.24) is 10.3 Å². The molecular formula is C21H24N2O2. The Morgan fingerprint density at radius 1 is 1.12 bits per heavy atom. The van der Waals surface area contributed by atoms with Gasteiger partial charge in [0.2, 0.25) is 5.91 Å². The van der Waals surface area contributed by atoms with Crippen LogP contribution in [0.1, 0.15) is 53.6 Å². The van der Waals surface area contributed by atoms with E-state index in [1.54, 1.807) is 6.20 Å². The van der Waals surface area contributed by atoms with Crippen molar-refractivity contribution in [2.75, 3.05) is 6.61 Å². The number of hydrogen-bond acceptors (Lipinski definition) is 3. The number of carbonyl (C=O) groups is 1. The number of rotatable bonds is 3. The van der Waals surface area contributed by atoms with Crippen LogP contribution < -0.4 is 5.32 Å². The van der Waals surface area contributed by atoms with Gasteiger partial charge in [0, 0.05) is 18.7 Å². The van der Waals surface area contributed by atoms with Crippen LogP contribution in [-0.4, -0.2) is 22.6 Å². The lowest BCUT2D eigenvalue weighted by atomic mass is 9.79. The first-order valence-electron chi connectivity index (χ1n) is 9.20. The summed E-state index contributed by atoms with van der Waals surface area (Å²) in [4.78, 5) is 17.6. The highest BCUT2D eigenvalue weighted by Crippen LogP contribution is 2.36. The Hall–Kier alpha value is -2.20. The highest BCUT2D eigenvalue weighted by atomic mass is 16.3. The molecule has 0 bridgehead atoms. The normalized spacial score (nSPS) is 24.9. The second-order valence-corrected chi connectivity index (χ2v) is 7.16. The summed E-state index contributed by atoms with van der Waals surface area (Å²) in [5, 5.41) is 13.1. The van der Waals surface area contributed by atoms with Crippen LogP contribution in [0.4, 0.5) is 0 Å². The Kier molecular flexibility index (Phi) is 4.53. The molecule has 0 radical (unpaired) electrons. The third-order valence-electron chi connectivity index (χ3n) is 5.69. The molecule has 130 valence electrons. The highest BCUT2D eigenvalue weighted by molar-refractivity contribution is 5.84. The van der Waals surface area contributed by atoms with Gasteiger partial charge in [0.05, 0.1) is 17.7 Å². The zero-order chi connectivity index (χ0) is 17.2. The fraction of sp³-hybridized carbons (Fsp3) is 0.429. The number of benzene rings is 1. The first-order chi connectivity index (χ1) is 12.3. The highest BCUT2D eigenvalue weighted by Gasteiger charge is 2.34. The van der Waals surface area contributed by atoms with Crippen molar-refractivity contribution in [2.45, 2.75) is 44.1 Å². The first kappa shape index (κ1) is 16.3. The fourth-order valence-electron chi connectivity index (χ4n) is 4.34. The van der Waals surface area contributed by atoms with Gasteiger partial charge in [-0.25, -0.2) is 0 Å². The third kappa shape index (κ3) is 3.07. The van der Waals surface area contributed by atoms with Crippen molar-refractivity contribution in [2.24, 2.45) is 5.92 Å². The van der Waals surface area contributed by atoms with Crippen molar-refractivity contribution >= 4 is 5.91 Å². The molecule has 1 aromatic carbocycles. The summed E-state index contributed by atoms with van der Waals surface area (Å²) < 4.78 is 0. The van der Waals surface area contributed by atoms with Crippen LogP contribution in [0.5, 0.6) is 0 Å². The molecule has 1 amide bonds. The van der Waals surface area contributed by atoms with Gasteiger partial charge in [-0.3, -0.25) is 9.78 Å². The predicted octanol–water partition coefficient (Wildman–Crippen LogP) is 2.91. The van der Waals surface area contributed by atoms with Crippen molar-refractivity contribution in [3.8, 4) is 0 Å². The molecule has 4 heteroatoms. The number of aliphatic hydroxyl groups excluding tert-OH is 1. The maximum atomic E-state index is 13.1. The van der Waals surface area contributed by atoms with E-state index in [9.17, 15) is 9.90 Å². The minimum absolute atomic E-state index is 0.0415. The zero-order valence-electron chi connectivity index (χ0n) is 14.3. The molecule has 2 aliphatic carbocycles. The van der Waals surface area contributed by atoms with Crippen LogP contribution >= 0.6 is 0 Å². The number of aromatic nitrogens is 1. The summed E-state index contributed by atoms with van der Waals surface area (Å²) in [6.45, 7) is 0.0960. The average Bonchev–Trinajstić information content (AvgIpc) is 2.67. The van der Waals surface area contributed by atoms with E-state index in [0.29, 0.717) is 0 Å². The van der Waals surface area contributed by atoms with Crippen LogP contribution in [0.3, 0.4) is 0 Å². The Morgan fingerprint density at radius 3 is 2.84 bits per heavy atom. The van der Waals surface area contributed by atoms with Gasteiger partial charge in [-0.1, -0.05) is 30.3 Å². The average molecular weight is 336 g/mol. The van der Waals surface area contributed by atoms with E-state index in [1.807, 2.05) is 18.2 Å². The molecule has 0 spiro atoms. The summed E-state index contributed by atoms with van der Waals surface area (Å²) >= 11 is 0. The molecule has 0 unspecified atom stereocenters. The molecule has 4 rings (SSSR count). The molecule has 0 saturated carbocycles. The topological polar surface area (TPSA) is 62.2 Å². The molecule has 25 heavy (non-hydrogen) atoms. The molecule has 4 nitrogen and oxygen atoms in total. The first-order valence-corrected chi connectivity index (χ1v) is 9.20. The number of nitrogens with zero attached hydrogens (tertiary/aromatic N) is 1. The quantitative estimate of drug-likeness (QED) is 0.906. The van der Waals surface area contributed by atoms with Crippen molar-refractivity contribution in [1.29, 1.82) is 0 Å². The van der Waals surface area contributed by atoms with Crippen LogP contribution in [-0.2, 0) is 17.6 Å². The number of amides is 1. The van der Waals surface area contributed by atoms with Gasteiger partial charge < -0.3 is 10.4 Å². The van der Waals surface area contributed by atoms with Gasteiger partial charge >= 0.3 is 0 Å². The Labute approximate surface area is 148 Å². The minimum Gasteiger partial charge on any atom is -0.396 e. The molecule has 0 saturated heterocycles. The Balaban J connectivity index is 1.60. The summed E-state index contributed by atoms with van der Waals surface area (Å²) in [5.74, 6) is -0.0659. The maximum absolute atomic E-state index is 13.1. The van der Waals surface area contributed by atoms with Crippen molar-refractivity contribution < 1.29 is 9.90 Å². The van der Waals surface area contributed by atoms with Gasteiger partial charge in [0.15, 0.2) is 0 Å². The molecule has 0 fully saturated rings. The van der Waals surface area contributed by atoms with E-state index in [4.69, 9.17) is 0 Å². The molecule has 0 aliphatic heterocycles. The summed E-state index contributed by atoms with van der Waals surface area (Å²) in [6, 6.07) is 12.2. The smallest absolute Gasteiger partial charge is 0.229 e. The van der Waals surface area contributed by atoms with Gasteiger partial charge in [-0.2, -0.15) is 0 Å². The molecule has 2 aromatic rings. The summed E-state index contributed by atoms with van der Waals surface area (Å²) in [7, 11) is 0. The van der Waals surface area contributed by atoms with E-state index in [0.717, 1.165) is 43.4 Å². The van der Waals surface area contributed by atoms with E-state index < -0.39 is 0 Å². The van der Waals surface area contributed by atoms with Crippen molar-refractivity contribution in [3.05, 3.63) is 65.0 Å². The van der Waals surface area contributed by atoms with E-state index >= 15 is 0 Å². The fourth-order valence-corrected chi connectivity index (χ4v) is 4.34. The lowest BCUT2D eigenvalue weighted by molar-refractivity contribution is -0.124. The molecule has 1 aromatic heterocycles. The van der Waals surface area contributed by atoms with Gasteiger partial charge in [0.25, 0.3) is 0 Å². The van der Waals surface area contributed by atoms with E-state index in [2.05, 4.69) is 28.5 Å². The Bertz CT molecular complexity index is 774. The summed E-state index contributed by atoms with van der Waals surface area (Å²) in [5.41, 5.74) is 4.55. The Morgan fingerprint density at radius 2 is 1.96 bits per heavy atom. The largest absolute Gasteiger partial charge is 0.396 e. The van der Waals surface area contributed by atoms with Crippen LogP contribution in [0.25, 0.3) is 0 Å².